The number of rotatable bonds is 7. The van der Waals surface area contributed by atoms with E-state index in [-0.39, 0.29) is 63.6 Å². The Labute approximate surface area is 240 Å². The lowest BCUT2D eigenvalue weighted by Crippen LogP contribution is -2.67. The van der Waals surface area contributed by atoms with E-state index in [4.69, 9.17) is 14.2 Å². The second kappa shape index (κ2) is 10.4. The van der Waals surface area contributed by atoms with E-state index >= 15 is 0 Å². The highest BCUT2D eigenvalue weighted by molar-refractivity contribution is 5.67. The number of esters is 3. The molecular weight excluding hydrogens is 508 g/mol. The largest absolute Gasteiger partial charge is 0.462 e. The fraction of sp³-hybridized carbons (Fsp3) is 0.879. The van der Waals surface area contributed by atoms with Crippen LogP contribution < -0.4 is 0 Å². The van der Waals surface area contributed by atoms with E-state index in [1.54, 1.807) is 0 Å². The Hall–Kier alpha value is -1.92. The monoisotopic (exact) mass is 560 g/mol. The molecule has 10 atom stereocenters. The minimum absolute atomic E-state index is 0.000454. The zero-order chi connectivity index (χ0) is 29.9. The number of ether oxygens (including phenoxy) is 3. The minimum atomic E-state index is -0.804. The van der Waals surface area contributed by atoms with Crippen molar-refractivity contribution in [2.24, 2.45) is 45.3 Å². The molecule has 0 saturated heterocycles. The van der Waals surface area contributed by atoms with Crippen LogP contribution in [0.1, 0.15) is 120 Å². The topological polar surface area (TPSA) is 96.0 Å². The fourth-order valence-electron chi connectivity index (χ4n) is 11.1. The van der Waals surface area contributed by atoms with E-state index in [2.05, 4.69) is 34.6 Å². The molecule has 0 heterocycles. The molecule has 4 fully saturated rings. The molecule has 0 aromatic carbocycles. The van der Waals surface area contributed by atoms with Crippen LogP contribution >= 0.6 is 0 Å². The van der Waals surface area contributed by atoms with E-state index in [9.17, 15) is 19.2 Å². The van der Waals surface area contributed by atoms with Crippen molar-refractivity contribution in [1.82, 2.24) is 0 Å². The quantitative estimate of drug-likeness (QED) is 0.201. The Morgan fingerprint density at radius 2 is 1.45 bits per heavy atom. The lowest BCUT2D eigenvalue weighted by molar-refractivity contribution is -0.253. The van der Waals surface area contributed by atoms with Gasteiger partial charge in [-0.25, -0.2) is 0 Å². The molecule has 0 aromatic heterocycles. The Morgan fingerprint density at radius 3 is 2.02 bits per heavy atom. The van der Waals surface area contributed by atoms with Gasteiger partial charge in [-0.05, 0) is 86.4 Å². The SMILES string of the molecule is CC(=O)OC1CC2[C@@]3(C)CC[C@H](OC(C)=O)C(C)(C)C3CC[C@@]2(C)[C@]2(C)CCC(C(C)(CCC=O)OC(C)=O)[C@@H]12. The first-order valence-corrected chi connectivity index (χ1v) is 15.4. The Balaban J connectivity index is 1.78. The summed E-state index contributed by atoms with van der Waals surface area (Å²) in [5.74, 6) is -0.108. The van der Waals surface area contributed by atoms with Gasteiger partial charge in [-0.15, -0.1) is 0 Å². The zero-order valence-corrected chi connectivity index (χ0v) is 26.3. The lowest BCUT2D eigenvalue weighted by Gasteiger charge is -2.70. The predicted molar refractivity (Wildman–Crippen MR) is 151 cm³/mol. The van der Waals surface area contributed by atoms with Gasteiger partial charge in [-0.3, -0.25) is 14.4 Å². The Kier molecular flexibility index (Phi) is 8.08. The summed E-state index contributed by atoms with van der Waals surface area (Å²) in [5.41, 5.74) is -1.08. The summed E-state index contributed by atoms with van der Waals surface area (Å²) in [5, 5.41) is 0. The van der Waals surface area contributed by atoms with Gasteiger partial charge < -0.3 is 19.0 Å². The molecule has 226 valence electrons. The van der Waals surface area contributed by atoms with Crippen molar-refractivity contribution in [1.29, 1.82) is 0 Å². The van der Waals surface area contributed by atoms with Crippen molar-refractivity contribution in [2.75, 3.05) is 0 Å². The maximum Gasteiger partial charge on any atom is 0.303 e. The van der Waals surface area contributed by atoms with Gasteiger partial charge in [0.05, 0.1) is 0 Å². The van der Waals surface area contributed by atoms with Crippen molar-refractivity contribution < 1.29 is 33.4 Å². The van der Waals surface area contributed by atoms with Gasteiger partial charge >= 0.3 is 17.9 Å². The van der Waals surface area contributed by atoms with Gasteiger partial charge in [0.1, 0.15) is 24.1 Å². The van der Waals surface area contributed by atoms with E-state index in [0.29, 0.717) is 24.7 Å². The van der Waals surface area contributed by atoms with Crippen LogP contribution in [0.15, 0.2) is 0 Å². The van der Waals surface area contributed by atoms with Crippen LogP contribution in [0.4, 0.5) is 0 Å². The van der Waals surface area contributed by atoms with Crippen molar-refractivity contribution in [3.63, 3.8) is 0 Å². The Bertz CT molecular complexity index is 1040. The zero-order valence-electron chi connectivity index (χ0n) is 26.3. The number of hydrogen-bond donors (Lipinski definition) is 0. The second-order valence-electron chi connectivity index (χ2n) is 15.1. The predicted octanol–water partition coefficient (Wildman–Crippen LogP) is 6.45. The van der Waals surface area contributed by atoms with Gasteiger partial charge in [0.25, 0.3) is 0 Å². The molecule has 7 heteroatoms. The molecule has 4 saturated carbocycles. The Morgan fingerprint density at radius 1 is 0.825 bits per heavy atom. The van der Waals surface area contributed by atoms with Crippen molar-refractivity contribution in [2.45, 2.75) is 138 Å². The molecule has 0 spiro atoms. The summed E-state index contributed by atoms with van der Waals surface area (Å²) in [6.45, 7) is 18.3. The molecule has 0 radical (unpaired) electrons. The summed E-state index contributed by atoms with van der Waals surface area (Å²) in [6, 6.07) is 0. The molecule has 0 aromatic rings. The lowest BCUT2D eigenvalue weighted by atomic mass is 9.35. The summed E-state index contributed by atoms with van der Waals surface area (Å²) < 4.78 is 18.1. The third-order valence-corrected chi connectivity index (χ3v) is 12.8. The van der Waals surface area contributed by atoms with Gasteiger partial charge in [0.2, 0.25) is 0 Å². The van der Waals surface area contributed by atoms with Crippen LogP contribution in [-0.4, -0.2) is 42.0 Å². The molecule has 0 N–H and O–H groups in total. The summed E-state index contributed by atoms with van der Waals surface area (Å²) in [7, 11) is 0. The van der Waals surface area contributed by atoms with E-state index in [0.717, 1.165) is 51.2 Å². The van der Waals surface area contributed by atoms with Gasteiger partial charge in [-0.2, -0.15) is 0 Å². The first-order valence-electron chi connectivity index (χ1n) is 15.4. The maximum atomic E-state index is 12.6. The average Bonchev–Trinajstić information content (AvgIpc) is 3.20. The van der Waals surface area contributed by atoms with E-state index < -0.39 is 5.60 Å². The molecule has 40 heavy (non-hydrogen) atoms. The number of carbonyl (C=O) groups excluding carboxylic acids is 4. The van der Waals surface area contributed by atoms with Crippen LogP contribution in [0, 0.1) is 45.3 Å². The third-order valence-electron chi connectivity index (χ3n) is 12.8. The van der Waals surface area contributed by atoms with Crippen molar-refractivity contribution in [3.05, 3.63) is 0 Å². The van der Waals surface area contributed by atoms with Gasteiger partial charge in [0, 0.05) is 44.4 Å². The van der Waals surface area contributed by atoms with Crippen LogP contribution in [-0.2, 0) is 33.4 Å². The minimum Gasteiger partial charge on any atom is -0.462 e. The van der Waals surface area contributed by atoms with Crippen molar-refractivity contribution >= 4 is 24.2 Å². The van der Waals surface area contributed by atoms with Gasteiger partial charge in [-0.1, -0.05) is 34.6 Å². The highest BCUT2D eigenvalue weighted by Crippen LogP contribution is 2.76. The normalized spacial score (nSPS) is 43.2. The van der Waals surface area contributed by atoms with Gasteiger partial charge in [0.15, 0.2) is 0 Å². The molecule has 0 aliphatic heterocycles. The van der Waals surface area contributed by atoms with Crippen LogP contribution in [0.2, 0.25) is 0 Å². The summed E-state index contributed by atoms with van der Waals surface area (Å²) in [6.07, 6.45) is 7.83. The van der Waals surface area contributed by atoms with Crippen LogP contribution in [0.25, 0.3) is 0 Å². The first kappa shape index (κ1) is 31.0. The molecule has 4 rings (SSSR count). The highest BCUT2D eigenvalue weighted by atomic mass is 16.6. The number of fused-ring (bicyclic) bond motifs is 5. The third kappa shape index (κ3) is 4.71. The van der Waals surface area contributed by atoms with Crippen LogP contribution in [0.3, 0.4) is 0 Å². The second-order valence-corrected chi connectivity index (χ2v) is 15.1. The summed E-state index contributed by atoms with van der Waals surface area (Å²) in [4.78, 5) is 48.2. The molecule has 0 bridgehead atoms. The van der Waals surface area contributed by atoms with E-state index in [1.165, 1.54) is 20.8 Å². The fourth-order valence-corrected chi connectivity index (χ4v) is 11.1. The van der Waals surface area contributed by atoms with E-state index in [1.807, 2.05) is 6.92 Å². The molecule has 7 nitrogen and oxygen atoms in total. The number of hydrogen-bond acceptors (Lipinski definition) is 7. The molecule has 4 aliphatic carbocycles. The molecule has 0 amide bonds. The standard InChI is InChI=1S/C33H52O7/c1-20(35)38-24-19-26-30(6)15-13-27(39-21(2)36)29(4,5)25(30)12-17-31(26,7)32(8)16-11-23(28(24)32)33(9,14-10-18-34)40-22(3)37/h18,23-28H,10-17,19H2,1-9H3/t23?,24?,25?,26?,27-,28-,30-,31+,32+,33?/m0/s1. The molecule has 5 unspecified atom stereocenters. The first-order chi connectivity index (χ1) is 18.5. The van der Waals surface area contributed by atoms with Crippen LogP contribution in [0.5, 0.6) is 0 Å². The molecule has 4 aliphatic rings. The highest BCUT2D eigenvalue weighted by Gasteiger charge is 2.72. The smallest absolute Gasteiger partial charge is 0.303 e. The number of aldehydes is 1. The maximum absolute atomic E-state index is 12.6. The summed E-state index contributed by atoms with van der Waals surface area (Å²) >= 11 is 0. The van der Waals surface area contributed by atoms with Crippen molar-refractivity contribution in [3.8, 4) is 0 Å². The number of carbonyl (C=O) groups is 4. The average molecular weight is 561 g/mol. The molecular formula is C33H52O7.